The molecule has 2 aromatic rings. The highest BCUT2D eigenvalue weighted by molar-refractivity contribution is 5.54. The van der Waals surface area contributed by atoms with Crippen molar-refractivity contribution in [2.45, 2.75) is 77.8 Å². The molecule has 0 aromatic heterocycles. The highest BCUT2D eigenvalue weighted by Gasteiger charge is 2.34. The molecule has 1 N–H and O–H groups in total. The molecule has 2 aromatic carbocycles. The molecule has 6 heteroatoms. The average molecular weight is 527 g/mol. The first-order chi connectivity index (χ1) is 18.5. The van der Waals surface area contributed by atoms with E-state index in [2.05, 4.69) is 13.8 Å². The van der Waals surface area contributed by atoms with E-state index < -0.39 is 0 Å². The van der Waals surface area contributed by atoms with Gasteiger partial charge in [0.15, 0.2) is 0 Å². The molecule has 0 amide bonds. The number of hydrogen-bond acceptors (Lipinski definition) is 6. The zero-order valence-electron chi connectivity index (χ0n) is 23.5. The SMILES string of the molecule is CCC1CC(OCc2ccc(OC)cc2)CC1C=O.CCC1CC(OCc2ccc(OC)cc2)CC1CO. The van der Waals surface area contributed by atoms with Crippen molar-refractivity contribution in [3.8, 4) is 11.5 Å². The summed E-state index contributed by atoms with van der Waals surface area (Å²) in [5.41, 5.74) is 2.31. The molecule has 2 aliphatic carbocycles. The molecule has 38 heavy (non-hydrogen) atoms. The van der Waals surface area contributed by atoms with Crippen LogP contribution in [0.25, 0.3) is 0 Å². The number of aldehydes is 1. The second-order valence-electron chi connectivity index (χ2n) is 10.6. The van der Waals surface area contributed by atoms with Crippen LogP contribution in [0.4, 0.5) is 0 Å². The number of hydrogen-bond donors (Lipinski definition) is 1. The summed E-state index contributed by atoms with van der Waals surface area (Å²) in [5, 5.41) is 9.36. The lowest BCUT2D eigenvalue weighted by Gasteiger charge is -2.13. The highest BCUT2D eigenvalue weighted by atomic mass is 16.5. The Hall–Kier alpha value is -2.41. The van der Waals surface area contributed by atoms with Gasteiger partial charge in [0.2, 0.25) is 0 Å². The number of ether oxygens (including phenoxy) is 4. The van der Waals surface area contributed by atoms with Gasteiger partial charge in [0.25, 0.3) is 0 Å². The first-order valence-corrected chi connectivity index (χ1v) is 14.1. The van der Waals surface area contributed by atoms with Crippen molar-refractivity contribution in [3.05, 3.63) is 59.7 Å². The second-order valence-corrected chi connectivity index (χ2v) is 10.6. The van der Waals surface area contributed by atoms with E-state index in [-0.39, 0.29) is 12.0 Å². The molecule has 0 bridgehead atoms. The Kier molecular flexibility index (Phi) is 12.6. The molecule has 0 radical (unpaired) electrons. The largest absolute Gasteiger partial charge is 0.497 e. The van der Waals surface area contributed by atoms with Crippen LogP contribution in [0, 0.1) is 23.7 Å². The van der Waals surface area contributed by atoms with Crippen molar-refractivity contribution in [2.75, 3.05) is 20.8 Å². The van der Waals surface area contributed by atoms with Crippen LogP contribution in [0.2, 0.25) is 0 Å². The van der Waals surface area contributed by atoms with Crippen LogP contribution in [0.1, 0.15) is 63.5 Å². The minimum atomic E-state index is 0.186. The third-order valence-electron chi connectivity index (χ3n) is 8.25. The molecule has 2 aliphatic rings. The first-order valence-electron chi connectivity index (χ1n) is 14.1. The van der Waals surface area contributed by atoms with E-state index in [0.29, 0.717) is 43.7 Å². The number of carbonyl (C=O) groups is 1. The molecule has 2 saturated carbocycles. The number of rotatable bonds is 12. The van der Waals surface area contributed by atoms with Crippen LogP contribution >= 0.6 is 0 Å². The van der Waals surface area contributed by atoms with Crippen LogP contribution in [0.3, 0.4) is 0 Å². The summed E-state index contributed by atoms with van der Waals surface area (Å²) in [6.45, 7) is 5.88. The number of benzene rings is 2. The summed E-state index contributed by atoms with van der Waals surface area (Å²) in [7, 11) is 3.33. The van der Waals surface area contributed by atoms with E-state index in [9.17, 15) is 9.90 Å². The number of aliphatic hydroxyl groups is 1. The van der Waals surface area contributed by atoms with Crippen LogP contribution in [0.15, 0.2) is 48.5 Å². The summed E-state index contributed by atoms with van der Waals surface area (Å²) < 4.78 is 22.2. The Balaban J connectivity index is 0.000000211. The summed E-state index contributed by atoms with van der Waals surface area (Å²) in [6.07, 6.45) is 7.77. The van der Waals surface area contributed by atoms with Gasteiger partial charge < -0.3 is 28.8 Å². The maximum Gasteiger partial charge on any atom is 0.123 e. The summed E-state index contributed by atoms with van der Waals surface area (Å²) >= 11 is 0. The van der Waals surface area contributed by atoms with Crippen LogP contribution in [-0.4, -0.2) is 44.4 Å². The normalized spacial score (nSPS) is 26.4. The van der Waals surface area contributed by atoms with Crippen LogP contribution in [0.5, 0.6) is 11.5 Å². The van der Waals surface area contributed by atoms with Gasteiger partial charge in [-0.2, -0.15) is 0 Å². The van der Waals surface area contributed by atoms with Crippen molar-refractivity contribution in [2.24, 2.45) is 23.7 Å². The fourth-order valence-corrected chi connectivity index (χ4v) is 5.76. The summed E-state index contributed by atoms with van der Waals surface area (Å²) in [5.74, 6) is 3.45. The van der Waals surface area contributed by atoms with Gasteiger partial charge >= 0.3 is 0 Å². The third-order valence-corrected chi connectivity index (χ3v) is 8.25. The molecule has 0 aliphatic heterocycles. The topological polar surface area (TPSA) is 74.2 Å². The zero-order valence-corrected chi connectivity index (χ0v) is 23.5. The predicted molar refractivity (Wildman–Crippen MR) is 149 cm³/mol. The van der Waals surface area contributed by atoms with Gasteiger partial charge in [-0.15, -0.1) is 0 Å². The Morgan fingerprint density at radius 2 is 1.16 bits per heavy atom. The van der Waals surface area contributed by atoms with Crippen molar-refractivity contribution in [3.63, 3.8) is 0 Å². The standard InChI is InChI=1S/C16H24O3.C16H22O3/c2*1-3-13-8-16(9-14(13)10-17)19-11-12-4-6-15(18-2)7-5-12/h4-7,13-14,16-17H,3,8-11H2,1-2H3;4-7,10,13-14,16H,3,8-9,11H2,1-2H3. The molecule has 6 unspecified atom stereocenters. The van der Waals surface area contributed by atoms with Crippen molar-refractivity contribution < 1.29 is 28.8 Å². The fourth-order valence-electron chi connectivity index (χ4n) is 5.76. The molecule has 0 spiro atoms. The van der Waals surface area contributed by atoms with Gasteiger partial charge in [0.1, 0.15) is 17.8 Å². The van der Waals surface area contributed by atoms with Crippen molar-refractivity contribution in [1.29, 1.82) is 0 Å². The molecular formula is C32H46O6. The van der Waals surface area contributed by atoms with Gasteiger partial charge in [0.05, 0.1) is 39.6 Å². The molecule has 0 heterocycles. The molecule has 210 valence electrons. The van der Waals surface area contributed by atoms with Crippen LogP contribution < -0.4 is 9.47 Å². The fraction of sp³-hybridized carbons (Fsp3) is 0.594. The predicted octanol–water partition coefficient (Wildman–Crippen LogP) is 6.22. The van der Waals surface area contributed by atoms with E-state index in [1.807, 2.05) is 48.5 Å². The van der Waals surface area contributed by atoms with Crippen molar-refractivity contribution >= 4 is 6.29 Å². The van der Waals surface area contributed by atoms with E-state index in [0.717, 1.165) is 61.9 Å². The molecule has 6 atom stereocenters. The van der Waals surface area contributed by atoms with E-state index in [1.54, 1.807) is 14.2 Å². The smallest absolute Gasteiger partial charge is 0.123 e. The number of carbonyl (C=O) groups excluding carboxylic acids is 1. The molecule has 2 fully saturated rings. The Bertz CT molecular complexity index is 916. The lowest BCUT2D eigenvalue weighted by Crippen LogP contribution is -2.11. The Morgan fingerprint density at radius 3 is 1.53 bits per heavy atom. The maximum atomic E-state index is 11.0. The monoisotopic (exact) mass is 526 g/mol. The second kappa shape index (κ2) is 15.9. The van der Waals surface area contributed by atoms with Crippen molar-refractivity contribution in [1.82, 2.24) is 0 Å². The lowest BCUT2D eigenvalue weighted by atomic mass is 9.95. The van der Waals surface area contributed by atoms with Gasteiger partial charge in [-0.05, 0) is 78.8 Å². The summed E-state index contributed by atoms with van der Waals surface area (Å²) in [4.78, 5) is 11.0. The van der Waals surface area contributed by atoms with Crippen LogP contribution in [-0.2, 0) is 27.5 Å². The number of methoxy groups -OCH3 is 2. The Labute approximate surface area is 228 Å². The lowest BCUT2D eigenvalue weighted by molar-refractivity contribution is -0.112. The zero-order chi connectivity index (χ0) is 27.3. The van der Waals surface area contributed by atoms with Gasteiger partial charge in [0, 0.05) is 12.5 Å². The average Bonchev–Trinajstić information content (AvgIpc) is 3.59. The highest BCUT2D eigenvalue weighted by Crippen LogP contribution is 2.36. The quantitative estimate of drug-likeness (QED) is 0.331. The molecule has 0 saturated heterocycles. The first kappa shape index (κ1) is 30.1. The third kappa shape index (κ3) is 8.82. The summed E-state index contributed by atoms with van der Waals surface area (Å²) in [6, 6.07) is 15.9. The minimum absolute atomic E-state index is 0.186. The maximum absolute atomic E-state index is 11.0. The number of aliphatic hydroxyl groups excluding tert-OH is 1. The van der Waals surface area contributed by atoms with Gasteiger partial charge in [-0.1, -0.05) is 51.0 Å². The van der Waals surface area contributed by atoms with Gasteiger partial charge in [-0.3, -0.25) is 0 Å². The Morgan fingerprint density at radius 1 is 0.711 bits per heavy atom. The molecule has 4 rings (SSSR count). The van der Waals surface area contributed by atoms with Gasteiger partial charge in [-0.25, -0.2) is 0 Å². The minimum Gasteiger partial charge on any atom is -0.497 e. The molecular weight excluding hydrogens is 480 g/mol. The van der Waals surface area contributed by atoms with E-state index in [1.165, 1.54) is 5.56 Å². The molecule has 6 nitrogen and oxygen atoms in total. The van der Waals surface area contributed by atoms with E-state index >= 15 is 0 Å². The van der Waals surface area contributed by atoms with E-state index in [4.69, 9.17) is 18.9 Å².